The first-order valence-corrected chi connectivity index (χ1v) is 11.1. The molecule has 2 fully saturated rings. The quantitative estimate of drug-likeness (QED) is 0.476. The predicted molar refractivity (Wildman–Crippen MR) is 118 cm³/mol. The number of hydrogen-bond acceptors (Lipinski definition) is 5. The van der Waals surface area contributed by atoms with E-state index in [9.17, 15) is 5.11 Å². The number of nitrogens with one attached hydrogen (secondary N) is 1. The van der Waals surface area contributed by atoms with Gasteiger partial charge >= 0.3 is 0 Å². The Kier molecular flexibility index (Phi) is 3.93. The fourth-order valence-electron chi connectivity index (χ4n) is 4.94. The molecule has 0 bridgehead atoms. The standard InChI is InChI=1S/C25H26N4O2/c1-13-18(21-14(2)29-31-15(21)3)12-19(23-22(13)27-24(28-23)16-7-8-16)25(30,17-9-10-17)20-6-4-5-11-26-20/h4-6,11-12,16-17,30H,7-10H2,1-3H3,(H,27,28). The largest absolute Gasteiger partial charge is 0.378 e. The van der Waals surface area contributed by atoms with Crippen molar-refractivity contribution in [2.75, 3.05) is 0 Å². The molecule has 1 unspecified atom stereocenters. The normalized spacial score (nSPS) is 18.5. The summed E-state index contributed by atoms with van der Waals surface area (Å²) in [7, 11) is 0. The molecule has 6 nitrogen and oxygen atoms in total. The van der Waals surface area contributed by atoms with Gasteiger partial charge in [-0.15, -0.1) is 0 Å². The van der Waals surface area contributed by atoms with Gasteiger partial charge in [0.05, 0.1) is 22.4 Å². The van der Waals surface area contributed by atoms with Crippen LogP contribution in [0.3, 0.4) is 0 Å². The molecule has 2 saturated carbocycles. The van der Waals surface area contributed by atoms with Gasteiger partial charge in [-0.3, -0.25) is 4.98 Å². The molecule has 6 heteroatoms. The molecule has 6 rings (SSSR count). The van der Waals surface area contributed by atoms with Gasteiger partial charge in [-0.1, -0.05) is 11.2 Å². The van der Waals surface area contributed by atoms with Crippen molar-refractivity contribution in [1.29, 1.82) is 0 Å². The lowest BCUT2D eigenvalue weighted by molar-refractivity contribution is 0.0533. The summed E-state index contributed by atoms with van der Waals surface area (Å²) in [4.78, 5) is 13.2. The van der Waals surface area contributed by atoms with Crippen LogP contribution in [0.2, 0.25) is 0 Å². The molecule has 0 radical (unpaired) electrons. The summed E-state index contributed by atoms with van der Waals surface area (Å²) in [6, 6.07) is 7.86. The van der Waals surface area contributed by atoms with Crippen LogP contribution in [-0.4, -0.2) is 25.2 Å². The maximum Gasteiger partial charge on any atom is 0.141 e. The van der Waals surface area contributed by atoms with E-state index in [2.05, 4.69) is 28.1 Å². The third-order valence-corrected chi connectivity index (χ3v) is 6.95. The summed E-state index contributed by atoms with van der Waals surface area (Å²) >= 11 is 0. The molecule has 2 aliphatic rings. The Labute approximate surface area is 180 Å². The number of aromatic amines is 1. The Hall–Kier alpha value is -2.99. The fourth-order valence-corrected chi connectivity index (χ4v) is 4.94. The number of pyridine rings is 1. The molecule has 31 heavy (non-hydrogen) atoms. The number of aliphatic hydroxyl groups is 1. The molecular weight excluding hydrogens is 388 g/mol. The van der Waals surface area contributed by atoms with Crippen molar-refractivity contribution in [2.24, 2.45) is 5.92 Å². The van der Waals surface area contributed by atoms with Crippen LogP contribution in [0.5, 0.6) is 0 Å². The number of aromatic nitrogens is 4. The topological polar surface area (TPSA) is 87.8 Å². The minimum Gasteiger partial charge on any atom is -0.378 e. The van der Waals surface area contributed by atoms with Crippen molar-refractivity contribution in [1.82, 2.24) is 20.1 Å². The van der Waals surface area contributed by atoms with Gasteiger partial charge in [0, 0.05) is 23.2 Å². The Morgan fingerprint density at radius 3 is 2.55 bits per heavy atom. The highest BCUT2D eigenvalue weighted by Gasteiger charge is 2.49. The molecule has 0 spiro atoms. The number of rotatable bonds is 5. The maximum atomic E-state index is 12.3. The zero-order valence-corrected chi connectivity index (χ0v) is 18.1. The monoisotopic (exact) mass is 414 g/mol. The predicted octanol–water partition coefficient (Wildman–Crippen LogP) is 5.06. The first-order chi connectivity index (χ1) is 15.0. The molecule has 0 saturated heterocycles. The molecule has 4 aromatic rings. The third-order valence-electron chi connectivity index (χ3n) is 6.95. The third kappa shape index (κ3) is 2.78. The number of benzene rings is 1. The zero-order valence-electron chi connectivity index (χ0n) is 18.1. The molecule has 3 aromatic heterocycles. The van der Waals surface area contributed by atoms with Crippen LogP contribution in [0.4, 0.5) is 0 Å². The number of imidazole rings is 1. The molecule has 2 N–H and O–H groups in total. The van der Waals surface area contributed by atoms with Crippen LogP contribution in [-0.2, 0) is 5.60 Å². The fraction of sp³-hybridized carbons (Fsp3) is 0.400. The van der Waals surface area contributed by atoms with Crippen molar-refractivity contribution >= 4 is 11.0 Å². The van der Waals surface area contributed by atoms with E-state index in [0.29, 0.717) is 11.6 Å². The van der Waals surface area contributed by atoms with E-state index < -0.39 is 5.60 Å². The smallest absolute Gasteiger partial charge is 0.141 e. The SMILES string of the molecule is Cc1noc(C)c1-c1cc(C(O)(c2ccccn2)C2CC2)c2nc(C3CC3)[nH]c2c1C. The van der Waals surface area contributed by atoms with Crippen LogP contribution >= 0.6 is 0 Å². The summed E-state index contributed by atoms with van der Waals surface area (Å²) in [5, 5.41) is 16.4. The molecule has 2 aliphatic carbocycles. The van der Waals surface area contributed by atoms with Gasteiger partial charge in [0.2, 0.25) is 0 Å². The Bertz CT molecular complexity index is 1280. The summed E-state index contributed by atoms with van der Waals surface area (Å²) in [5.74, 6) is 2.42. The van der Waals surface area contributed by atoms with Gasteiger partial charge in [0.25, 0.3) is 0 Å². The highest BCUT2D eigenvalue weighted by atomic mass is 16.5. The molecule has 0 amide bonds. The van der Waals surface area contributed by atoms with Gasteiger partial charge in [0.15, 0.2) is 0 Å². The summed E-state index contributed by atoms with van der Waals surface area (Å²) in [6.07, 6.45) is 6.03. The van der Waals surface area contributed by atoms with Crippen LogP contribution in [0.1, 0.15) is 65.7 Å². The van der Waals surface area contributed by atoms with Crippen molar-refractivity contribution in [2.45, 2.75) is 58.0 Å². The van der Waals surface area contributed by atoms with Crippen LogP contribution in [0.25, 0.3) is 22.2 Å². The average molecular weight is 415 g/mol. The number of aryl methyl sites for hydroxylation is 3. The van der Waals surface area contributed by atoms with E-state index in [1.807, 2.05) is 32.0 Å². The summed E-state index contributed by atoms with van der Waals surface area (Å²) in [5.41, 5.74) is 6.14. The molecule has 1 atom stereocenters. The number of H-pyrrole nitrogens is 1. The second kappa shape index (κ2) is 6.50. The lowest BCUT2D eigenvalue weighted by atomic mass is 9.81. The zero-order chi connectivity index (χ0) is 21.3. The van der Waals surface area contributed by atoms with Gasteiger partial charge in [-0.2, -0.15) is 0 Å². The van der Waals surface area contributed by atoms with E-state index in [4.69, 9.17) is 9.51 Å². The number of hydrogen-bond donors (Lipinski definition) is 2. The first kappa shape index (κ1) is 18.8. The van der Waals surface area contributed by atoms with Crippen molar-refractivity contribution in [3.05, 3.63) is 64.6 Å². The Morgan fingerprint density at radius 2 is 1.94 bits per heavy atom. The van der Waals surface area contributed by atoms with Crippen LogP contribution in [0.15, 0.2) is 35.0 Å². The van der Waals surface area contributed by atoms with E-state index in [-0.39, 0.29) is 5.92 Å². The highest BCUT2D eigenvalue weighted by molar-refractivity contribution is 5.91. The molecule has 1 aromatic carbocycles. The van der Waals surface area contributed by atoms with Gasteiger partial charge in [-0.05, 0) is 81.7 Å². The maximum absolute atomic E-state index is 12.3. The van der Waals surface area contributed by atoms with Gasteiger partial charge in [-0.25, -0.2) is 4.98 Å². The summed E-state index contributed by atoms with van der Waals surface area (Å²) < 4.78 is 5.49. The van der Waals surface area contributed by atoms with Crippen LogP contribution in [0, 0.1) is 26.7 Å². The highest BCUT2D eigenvalue weighted by Crippen LogP contribution is 2.52. The Balaban J connectivity index is 1.69. The average Bonchev–Trinajstić information content (AvgIpc) is 3.71. The first-order valence-electron chi connectivity index (χ1n) is 11.1. The van der Waals surface area contributed by atoms with E-state index in [1.54, 1.807) is 6.20 Å². The van der Waals surface area contributed by atoms with E-state index in [1.165, 1.54) is 0 Å². The summed E-state index contributed by atoms with van der Waals surface area (Å²) in [6.45, 7) is 6.01. The lowest BCUT2D eigenvalue weighted by Crippen LogP contribution is -2.31. The lowest BCUT2D eigenvalue weighted by Gasteiger charge is -2.29. The van der Waals surface area contributed by atoms with E-state index in [0.717, 1.165) is 76.2 Å². The minimum absolute atomic E-state index is 0.131. The van der Waals surface area contributed by atoms with Crippen LogP contribution < -0.4 is 0 Å². The van der Waals surface area contributed by atoms with Crippen molar-refractivity contribution in [3.63, 3.8) is 0 Å². The molecular formula is C25H26N4O2. The number of nitrogens with zero attached hydrogens (tertiary/aromatic N) is 3. The van der Waals surface area contributed by atoms with Crippen molar-refractivity contribution in [3.8, 4) is 11.1 Å². The van der Waals surface area contributed by atoms with Crippen molar-refractivity contribution < 1.29 is 9.63 Å². The second-order valence-electron chi connectivity index (χ2n) is 9.17. The van der Waals surface area contributed by atoms with E-state index >= 15 is 0 Å². The molecule has 3 heterocycles. The second-order valence-corrected chi connectivity index (χ2v) is 9.17. The number of fused-ring (bicyclic) bond motifs is 1. The van der Waals surface area contributed by atoms with Gasteiger partial charge in [0.1, 0.15) is 17.2 Å². The minimum atomic E-state index is -1.18. The molecule has 0 aliphatic heterocycles. The Morgan fingerprint density at radius 1 is 1.13 bits per heavy atom. The molecule has 158 valence electrons. The van der Waals surface area contributed by atoms with Gasteiger partial charge < -0.3 is 14.6 Å².